The predicted molar refractivity (Wildman–Crippen MR) is 70.2 cm³/mol. The van der Waals surface area contributed by atoms with Crippen molar-refractivity contribution in [3.8, 4) is 0 Å². The highest BCUT2D eigenvalue weighted by atomic mass is 15.3. The molecule has 2 heterocycles. The monoisotopic (exact) mass is 242 g/mol. The van der Waals surface area contributed by atoms with Crippen LogP contribution in [0.25, 0.3) is 0 Å². The van der Waals surface area contributed by atoms with Crippen molar-refractivity contribution in [3.63, 3.8) is 0 Å². The molecule has 0 fully saturated rings. The highest BCUT2D eigenvalue weighted by Crippen LogP contribution is 2.10. The summed E-state index contributed by atoms with van der Waals surface area (Å²) in [6.07, 6.45) is 3.26. The molecule has 0 atom stereocenters. The van der Waals surface area contributed by atoms with Crippen LogP contribution in [-0.2, 0) is 25.9 Å². The number of fused-ring (bicyclic) bond motifs is 1. The quantitative estimate of drug-likeness (QED) is 0.884. The Morgan fingerprint density at radius 3 is 2.89 bits per heavy atom. The molecule has 1 N–H and O–H groups in total. The maximum Gasteiger partial charge on any atom is 0.147 e. The average Bonchev–Trinajstić information content (AvgIpc) is 2.84. The van der Waals surface area contributed by atoms with Gasteiger partial charge in [0.05, 0.1) is 6.54 Å². The van der Waals surface area contributed by atoms with Crippen LogP contribution in [0.4, 0.5) is 0 Å². The molecule has 0 aliphatic carbocycles. The van der Waals surface area contributed by atoms with Crippen molar-refractivity contribution in [2.45, 2.75) is 32.4 Å². The van der Waals surface area contributed by atoms with E-state index in [4.69, 9.17) is 0 Å². The number of nitrogens with zero attached hydrogens (tertiary/aromatic N) is 3. The fourth-order valence-electron chi connectivity index (χ4n) is 2.43. The Morgan fingerprint density at radius 1 is 1.11 bits per heavy atom. The summed E-state index contributed by atoms with van der Waals surface area (Å²) < 4.78 is 2.27. The highest BCUT2D eigenvalue weighted by molar-refractivity contribution is 5.14. The zero-order chi connectivity index (χ0) is 12.2. The van der Waals surface area contributed by atoms with Crippen LogP contribution >= 0.6 is 0 Å². The molecule has 18 heavy (non-hydrogen) atoms. The summed E-state index contributed by atoms with van der Waals surface area (Å²) in [4.78, 5) is 0. The predicted octanol–water partition coefficient (Wildman–Crippen LogP) is 1.56. The van der Waals surface area contributed by atoms with Gasteiger partial charge in [0.25, 0.3) is 0 Å². The van der Waals surface area contributed by atoms with Gasteiger partial charge < -0.3 is 9.88 Å². The third-order valence-corrected chi connectivity index (χ3v) is 3.41. The molecule has 1 aromatic carbocycles. The Morgan fingerprint density at radius 2 is 2.00 bits per heavy atom. The summed E-state index contributed by atoms with van der Waals surface area (Å²) in [5, 5.41) is 11.8. The molecular weight excluding hydrogens is 224 g/mol. The molecule has 0 unspecified atom stereocenters. The summed E-state index contributed by atoms with van der Waals surface area (Å²) in [7, 11) is 0. The number of aromatic nitrogens is 3. The summed E-state index contributed by atoms with van der Waals surface area (Å²) in [6, 6.07) is 10.6. The Balaban J connectivity index is 1.59. The molecule has 1 aromatic heterocycles. The molecule has 2 aromatic rings. The largest absolute Gasteiger partial charge is 0.313 e. The lowest BCUT2D eigenvalue weighted by molar-refractivity contribution is 0.491. The van der Waals surface area contributed by atoms with Gasteiger partial charge in [0.2, 0.25) is 0 Å². The van der Waals surface area contributed by atoms with Gasteiger partial charge in [-0.25, -0.2) is 0 Å². The van der Waals surface area contributed by atoms with E-state index in [1.807, 2.05) is 0 Å². The van der Waals surface area contributed by atoms with E-state index in [0.717, 1.165) is 50.5 Å². The van der Waals surface area contributed by atoms with E-state index in [1.165, 1.54) is 5.56 Å². The summed E-state index contributed by atoms with van der Waals surface area (Å²) in [5.74, 6) is 2.22. The molecule has 1 aliphatic rings. The van der Waals surface area contributed by atoms with Gasteiger partial charge in [0.15, 0.2) is 0 Å². The van der Waals surface area contributed by atoms with Crippen molar-refractivity contribution in [1.82, 2.24) is 20.1 Å². The van der Waals surface area contributed by atoms with Crippen LogP contribution in [0.3, 0.4) is 0 Å². The van der Waals surface area contributed by atoms with Crippen molar-refractivity contribution < 1.29 is 0 Å². The lowest BCUT2D eigenvalue weighted by Gasteiger charge is -2.15. The molecule has 94 valence electrons. The summed E-state index contributed by atoms with van der Waals surface area (Å²) in [5.41, 5.74) is 1.40. The van der Waals surface area contributed by atoms with Crippen LogP contribution in [-0.4, -0.2) is 21.3 Å². The van der Waals surface area contributed by atoms with E-state index in [9.17, 15) is 0 Å². The Labute approximate surface area is 107 Å². The number of aryl methyl sites for hydroxylation is 2. The van der Waals surface area contributed by atoms with E-state index in [2.05, 4.69) is 50.4 Å². The molecule has 1 aliphatic heterocycles. The number of rotatable bonds is 4. The normalized spacial score (nSPS) is 14.4. The van der Waals surface area contributed by atoms with Crippen molar-refractivity contribution >= 4 is 0 Å². The second-order valence-corrected chi connectivity index (χ2v) is 4.70. The van der Waals surface area contributed by atoms with E-state index in [1.54, 1.807) is 0 Å². The van der Waals surface area contributed by atoms with E-state index in [0.29, 0.717) is 0 Å². The molecule has 4 nitrogen and oxygen atoms in total. The molecule has 0 radical (unpaired) electrons. The van der Waals surface area contributed by atoms with E-state index >= 15 is 0 Å². The molecule has 3 rings (SSSR count). The van der Waals surface area contributed by atoms with Gasteiger partial charge in [-0.2, -0.15) is 0 Å². The minimum absolute atomic E-state index is 0.853. The molecular formula is C14H18N4. The SMILES string of the molecule is c1ccc(CCCc2nnc3n2CCNC3)cc1. The van der Waals surface area contributed by atoms with E-state index < -0.39 is 0 Å². The third-order valence-electron chi connectivity index (χ3n) is 3.41. The fraction of sp³-hybridized carbons (Fsp3) is 0.429. The van der Waals surface area contributed by atoms with E-state index in [-0.39, 0.29) is 0 Å². The van der Waals surface area contributed by atoms with Crippen molar-refractivity contribution in [2.24, 2.45) is 0 Å². The standard InChI is InChI=1S/C14H18N4/c1-2-5-12(6-3-1)7-4-8-13-16-17-14-11-15-9-10-18(13)14/h1-3,5-6,15H,4,7-11H2. The zero-order valence-electron chi connectivity index (χ0n) is 10.5. The summed E-state index contributed by atoms with van der Waals surface area (Å²) >= 11 is 0. The van der Waals surface area contributed by atoms with Gasteiger partial charge in [0, 0.05) is 19.5 Å². The first kappa shape index (κ1) is 11.4. The van der Waals surface area contributed by atoms with Crippen LogP contribution in [0.5, 0.6) is 0 Å². The highest BCUT2D eigenvalue weighted by Gasteiger charge is 2.14. The fourth-order valence-corrected chi connectivity index (χ4v) is 2.43. The average molecular weight is 242 g/mol. The number of hydrogen-bond donors (Lipinski definition) is 1. The van der Waals surface area contributed by atoms with Gasteiger partial charge in [-0.1, -0.05) is 30.3 Å². The Bertz CT molecular complexity index is 504. The molecule has 4 heteroatoms. The lowest BCUT2D eigenvalue weighted by atomic mass is 10.1. The Kier molecular flexibility index (Phi) is 3.37. The minimum Gasteiger partial charge on any atom is -0.313 e. The molecule has 0 saturated heterocycles. The first-order valence-corrected chi connectivity index (χ1v) is 6.59. The molecule has 0 amide bonds. The lowest BCUT2D eigenvalue weighted by Crippen LogP contribution is -2.29. The van der Waals surface area contributed by atoms with Crippen molar-refractivity contribution in [2.75, 3.05) is 6.54 Å². The minimum atomic E-state index is 0.853. The van der Waals surface area contributed by atoms with Gasteiger partial charge in [0.1, 0.15) is 11.6 Å². The van der Waals surface area contributed by atoms with Gasteiger partial charge >= 0.3 is 0 Å². The maximum atomic E-state index is 4.30. The molecule has 0 bridgehead atoms. The topological polar surface area (TPSA) is 42.7 Å². The van der Waals surface area contributed by atoms with Crippen LogP contribution in [0.2, 0.25) is 0 Å². The number of hydrogen-bond acceptors (Lipinski definition) is 3. The zero-order valence-corrected chi connectivity index (χ0v) is 10.5. The Hall–Kier alpha value is -1.68. The van der Waals surface area contributed by atoms with Crippen molar-refractivity contribution in [1.29, 1.82) is 0 Å². The second kappa shape index (κ2) is 5.31. The van der Waals surface area contributed by atoms with Crippen LogP contribution in [0.1, 0.15) is 23.6 Å². The molecule has 0 saturated carbocycles. The first-order valence-electron chi connectivity index (χ1n) is 6.59. The third kappa shape index (κ3) is 2.43. The van der Waals surface area contributed by atoms with Crippen molar-refractivity contribution in [3.05, 3.63) is 47.5 Å². The maximum absolute atomic E-state index is 4.30. The number of benzene rings is 1. The molecule has 0 spiro atoms. The smallest absolute Gasteiger partial charge is 0.147 e. The van der Waals surface area contributed by atoms with Gasteiger partial charge in [-0.05, 0) is 18.4 Å². The van der Waals surface area contributed by atoms with Crippen LogP contribution < -0.4 is 5.32 Å². The number of nitrogens with one attached hydrogen (secondary N) is 1. The van der Waals surface area contributed by atoms with Gasteiger partial charge in [-0.15, -0.1) is 10.2 Å². The van der Waals surface area contributed by atoms with Crippen LogP contribution in [0, 0.1) is 0 Å². The van der Waals surface area contributed by atoms with Crippen LogP contribution in [0.15, 0.2) is 30.3 Å². The summed E-state index contributed by atoms with van der Waals surface area (Å²) in [6.45, 7) is 2.88. The first-order chi connectivity index (χ1) is 8.93. The van der Waals surface area contributed by atoms with Gasteiger partial charge in [-0.3, -0.25) is 0 Å². The second-order valence-electron chi connectivity index (χ2n) is 4.70.